The Balaban J connectivity index is 0.000000412. The van der Waals surface area contributed by atoms with E-state index in [1.807, 2.05) is 0 Å². The van der Waals surface area contributed by atoms with Gasteiger partial charge in [0.2, 0.25) is 5.95 Å². The average molecular weight is 462 g/mol. The molecule has 2 aromatic rings. The number of para-hydroxylation sites is 1. The Morgan fingerprint density at radius 3 is 2.12 bits per heavy atom. The number of aryl methyl sites for hydroxylation is 2. The fraction of sp³-hybridized carbons (Fsp3) is 0.630. The highest BCUT2D eigenvalue weighted by Gasteiger charge is 2.18. The first kappa shape index (κ1) is 28.7. The molecule has 2 N–H and O–H groups in total. The quantitative estimate of drug-likeness (QED) is 0.302. The molecule has 5 nitrogen and oxygen atoms in total. The van der Waals surface area contributed by atoms with Gasteiger partial charge in [0.15, 0.2) is 0 Å². The van der Waals surface area contributed by atoms with E-state index in [-0.39, 0.29) is 11.3 Å². The van der Waals surface area contributed by atoms with E-state index in [4.69, 9.17) is 5.11 Å². The Hall–Kier alpha value is -2.37. The lowest BCUT2D eigenvalue weighted by atomic mass is 9.89. The molecular formula is C27H44FN3O2. The number of carboxylic acid groups (broad SMARTS) is 1. The number of benzene rings is 1. The number of carboxylic acids is 1. The maximum Gasteiger partial charge on any atom is 0.342 e. The minimum absolute atomic E-state index is 0.192. The highest BCUT2D eigenvalue weighted by molar-refractivity contribution is 5.88. The number of rotatable bonds is 13. The molecule has 1 aromatic heterocycles. The number of halogens is 1. The monoisotopic (exact) mass is 461 g/mol. The van der Waals surface area contributed by atoms with Crippen LogP contribution in [0.1, 0.15) is 107 Å². The summed E-state index contributed by atoms with van der Waals surface area (Å²) in [7, 11) is 1.36. The van der Waals surface area contributed by atoms with Crippen molar-refractivity contribution in [2.75, 3.05) is 11.9 Å². The second-order valence-electron chi connectivity index (χ2n) is 9.20. The van der Waals surface area contributed by atoms with Crippen molar-refractivity contribution in [3.05, 3.63) is 47.0 Å². The van der Waals surface area contributed by atoms with Gasteiger partial charge in [-0.15, -0.1) is 0 Å². The van der Waals surface area contributed by atoms with Crippen molar-refractivity contribution in [3.63, 3.8) is 0 Å². The van der Waals surface area contributed by atoms with Crippen LogP contribution in [0, 0.1) is 18.8 Å². The zero-order valence-corrected chi connectivity index (χ0v) is 21.5. The topological polar surface area (TPSA) is 67.2 Å². The molecule has 6 heteroatoms. The van der Waals surface area contributed by atoms with E-state index in [2.05, 4.69) is 62.4 Å². The molecule has 0 fully saturated rings. The van der Waals surface area contributed by atoms with Crippen molar-refractivity contribution in [1.82, 2.24) is 9.78 Å². The Bertz CT molecular complexity index is 833. The van der Waals surface area contributed by atoms with Crippen molar-refractivity contribution in [1.29, 1.82) is 0 Å². The van der Waals surface area contributed by atoms with Crippen LogP contribution in [0.25, 0.3) is 0 Å². The van der Waals surface area contributed by atoms with Crippen LogP contribution in [0.5, 0.6) is 0 Å². The predicted octanol–water partition coefficient (Wildman–Crippen LogP) is 7.56. The summed E-state index contributed by atoms with van der Waals surface area (Å²) in [5.41, 5.74) is 2.65. The van der Waals surface area contributed by atoms with Crippen LogP contribution in [0.15, 0.2) is 24.3 Å². The van der Waals surface area contributed by atoms with Gasteiger partial charge in [-0.2, -0.15) is 9.49 Å². The Labute approximate surface area is 199 Å². The lowest BCUT2D eigenvalue weighted by Gasteiger charge is -2.20. The van der Waals surface area contributed by atoms with Crippen molar-refractivity contribution in [3.8, 4) is 0 Å². The summed E-state index contributed by atoms with van der Waals surface area (Å²) in [6, 6.07) is 8.82. The van der Waals surface area contributed by atoms with Crippen LogP contribution in [-0.2, 0) is 7.05 Å². The van der Waals surface area contributed by atoms with E-state index in [0.717, 1.165) is 11.2 Å². The first-order chi connectivity index (χ1) is 15.7. The first-order valence-corrected chi connectivity index (χ1v) is 12.5. The molecule has 1 atom stereocenters. The molecule has 0 saturated heterocycles. The number of aromatic nitrogens is 2. The third kappa shape index (κ3) is 9.97. The van der Waals surface area contributed by atoms with Gasteiger partial charge in [0.05, 0.1) is 5.69 Å². The number of hydrogen-bond donors (Lipinski definition) is 2. The molecule has 0 aliphatic rings. The molecule has 186 valence electrons. The third-order valence-electron chi connectivity index (χ3n) is 6.16. The molecule has 0 saturated carbocycles. The number of carbonyl (C=O) groups is 1. The summed E-state index contributed by atoms with van der Waals surface area (Å²) < 4.78 is 13.7. The maximum absolute atomic E-state index is 12.8. The zero-order chi connectivity index (χ0) is 24.8. The van der Waals surface area contributed by atoms with E-state index in [1.165, 1.54) is 76.6 Å². The second-order valence-corrected chi connectivity index (χ2v) is 9.20. The van der Waals surface area contributed by atoms with E-state index in [9.17, 15) is 9.18 Å². The van der Waals surface area contributed by atoms with Gasteiger partial charge in [-0.3, -0.25) is 0 Å². The minimum Gasteiger partial charge on any atom is -0.477 e. The molecule has 1 aromatic carbocycles. The second kappa shape index (κ2) is 15.5. The van der Waals surface area contributed by atoms with Gasteiger partial charge in [0.1, 0.15) is 5.56 Å². The Kier molecular flexibility index (Phi) is 13.4. The maximum atomic E-state index is 12.8. The molecule has 0 aliphatic carbocycles. The van der Waals surface area contributed by atoms with Crippen LogP contribution in [0.4, 0.5) is 10.1 Å². The van der Waals surface area contributed by atoms with Gasteiger partial charge in [0, 0.05) is 19.3 Å². The van der Waals surface area contributed by atoms with Crippen molar-refractivity contribution < 1.29 is 14.3 Å². The van der Waals surface area contributed by atoms with Crippen LogP contribution >= 0.6 is 0 Å². The van der Waals surface area contributed by atoms with Crippen LogP contribution in [0.3, 0.4) is 0 Å². The number of unbranched alkanes of at least 4 members (excludes halogenated alkanes) is 7. The summed E-state index contributed by atoms with van der Waals surface area (Å²) in [4.78, 5) is 10.4. The van der Waals surface area contributed by atoms with Gasteiger partial charge in [0.25, 0.3) is 0 Å². The highest BCUT2D eigenvalue weighted by Crippen LogP contribution is 2.29. The molecule has 0 spiro atoms. The normalized spacial score (nSPS) is 11.8. The zero-order valence-electron chi connectivity index (χ0n) is 21.5. The lowest BCUT2D eigenvalue weighted by molar-refractivity contribution is 0.0690. The fourth-order valence-corrected chi connectivity index (χ4v) is 3.77. The van der Waals surface area contributed by atoms with E-state index >= 15 is 0 Å². The van der Waals surface area contributed by atoms with Gasteiger partial charge in [-0.05, 0) is 36.8 Å². The summed E-state index contributed by atoms with van der Waals surface area (Å²) in [5.74, 6) is -0.795. The van der Waals surface area contributed by atoms with E-state index in [0.29, 0.717) is 11.8 Å². The molecule has 1 unspecified atom stereocenters. The first-order valence-electron chi connectivity index (χ1n) is 12.5. The Morgan fingerprint density at radius 2 is 1.64 bits per heavy atom. The number of nitrogens with zero attached hydrogens (tertiary/aromatic N) is 2. The van der Waals surface area contributed by atoms with Crippen molar-refractivity contribution in [2.24, 2.45) is 13.0 Å². The van der Waals surface area contributed by atoms with E-state index < -0.39 is 11.9 Å². The molecule has 33 heavy (non-hydrogen) atoms. The SMILES string of the molecule is CCCCCCCCCCNc1ccccc1C(C)C(C)C.Cc1nn(C)c(F)c1C(=O)O. The van der Waals surface area contributed by atoms with Gasteiger partial charge >= 0.3 is 5.97 Å². The molecule has 0 amide bonds. The number of nitrogens with one attached hydrogen (secondary N) is 1. The van der Waals surface area contributed by atoms with Gasteiger partial charge < -0.3 is 10.4 Å². The standard InChI is InChI=1S/C21H37N.C6H7FN2O2/c1-5-6-7-8-9-10-11-14-17-22-21-16-13-12-15-20(21)19(4)18(2)3;1-3-4(6(10)11)5(7)9(2)8-3/h12-13,15-16,18-19,22H,5-11,14,17H2,1-4H3;1-2H3,(H,10,11). The molecule has 0 radical (unpaired) electrons. The van der Waals surface area contributed by atoms with Crippen LogP contribution < -0.4 is 5.32 Å². The smallest absolute Gasteiger partial charge is 0.342 e. The van der Waals surface area contributed by atoms with E-state index in [1.54, 1.807) is 0 Å². The predicted molar refractivity (Wildman–Crippen MR) is 136 cm³/mol. The Morgan fingerprint density at radius 1 is 1.06 bits per heavy atom. The van der Waals surface area contributed by atoms with Crippen molar-refractivity contribution >= 4 is 11.7 Å². The largest absolute Gasteiger partial charge is 0.477 e. The number of aromatic carboxylic acids is 1. The van der Waals surface area contributed by atoms with Crippen LogP contribution in [-0.4, -0.2) is 27.4 Å². The summed E-state index contributed by atoms with van der Waals surface area (Å²) in [6.07, 6.45) is 11.1. The fourth-order valence-electron chi connectivity index (χ4n) is 3.77. The minimum atomic E-state index is -1.28. The third-order valence-corrected chi connectivity index (χ3v) is 6.16. The molecule has 0 aliphatic heterocycles. The number of hydrogen-bond acceptors (Lipinski definition) is 3. The average Bonchev–Trinajstić information content (AvgIpc) is 3.04. The summed E-state index contributed by atoms with van der Waals surface area (Å²) in [6.45, 7) is 11.8. The van der Waals surface area contributed by atoms with Gasteiger partial charge in [-0.25, -0.2) is 9.48 Å². The molecule has 0 bridgehead atoms. The van der Waals surface area contributed by atoms with Gasteiger partial charge in [-0.1, -0.05) is 90.8 Å². The molecular weight excluding hydrogens is 417 g/mol. The summed E-state index contributed by atoms with van der Waals surface area (Å²) in [5, 5.41) is 15.7. The molecule has 1 heterocycles. The van der Waals surface area contributed by atoms with Crippen molar-refractivity contribution in [2.45, 2.75) is 91.9 Å². The summed E-state index contributed by atoms with van der Waals surface area (Å²) >= 11 is 0. The lowest BCUT2D eigenvalue weighted by Crippen LogP contribution is -2.09. The van der Waals surface area contributed by atoms with Crippen LogP contribution in [0.2, 0.25) is 0 Å². The molecule has 2 rings (SSSR count). The highest BCUT2D eigenvalue weighted by atomic mass is 19.1. The number of anilines is 1.